The summed E-state index contributed by atoms with van der Waals surface area (Å²) in [6, 6.07) is 4.16. The van der Waals surface area contributed by atoms with Crippen molar-refractivity contribution in [3.05, 3.63) is 24.0 Å². The summed E-state index contributed by atoms with van der Waals surface area (Å²) < 4.78 is 5.35. The Morgan fingerprint density at radius 2 is 2.50 bits per heavy atom. The lowest BCUT2D eigenvalue weighted by molar-refractivity contribution is 0.193. The summed E-state index contributed by atoms with van der Waals surface area (Å²) in [5, 5.41) is 7.35. The molecule has 1 aliphatic heterocycles. The molecule has 5 nitrogen and oxygen atoms in total. The Morgan fingerprint density at radius 1 is 1.69 bits per heavy atom. The number of likely N-dealkylation sites (N-methyl/N-ethyl adjacent to an activating group) is 1. The van der Waals surface area contributed by atoms with Gasteiger partial charge in [-0.3, -0.25) is 10.4 Å². The van der Waals surface area contributed by atoms with E-state index in [0.29, 0.717) is 11.7 Å². The van der Waals surface area contributed by atoms with E-state index in [1.165, 1.54) is 0 Å². The number of rotatable bonds is 3. The third-order valence-corrected chi connectivity index (χ3v) is 2.88. The highest BCUT2D eigenvalue weighted by Crippen LogP contribution is 2.20. The summed E-state index contributed by atoms with van der Waals surface area (Å²) in [5.74, 6) is -0.00192. The molecule has 0 amide bonds. The molecule has 2 heterocycles. The van der Waals surface area contributed by atoms with Gasteiger partial charge in [-0.2, -0.15) is 0 Å². The fourth-order valence-electron chi connectivity index (χ4n) is 1.82. The summed E-state index contributed by atoms with van der Waals surface area (Å²) >= 11 is 0. The second-order valence-electron chi connectivity index (χ2n) is 3.94. The first-order valence-electron chi connectivity index (χ1n) is 5.29. The van der Waals surface area contributed by atoms with Gasteiger partial charge in [0, 0.05) is 25.5 Å². The minimum absolute atomic E-state index is 0.00192. The van der Waals surface area contributed by atoms with Crippen LogP contribution in [-0.2, 0) is 4.74 Å². The van der Waals surface area contributed by atoms with Crippen LogP contribution in [0.15, 0.2) is 18.3 Å². The number of nitrogens with zero attached hydrogens (tertiary/aromatic N) is 2. The summed E-state index contributed by atoms with van der Waals surface area (Å²) in [7, 11) is 2.03. The van der Waals surface area contributed by atoms with Crippen LogP contribution in [0.5, 0.6) is 0 Å². The molecule has 0 saturated carbocycles. The van der Waals surface area contributed by atoms with E-state index in [4.69, 9.17) is 15.9 Å². The van der Waals surface area contributed by atoms with Gasteiger partial charge in [0.15, 0.2) is 0 Å². The first-order chi connectivity index (χ1) is 7.68. The van der Waals surface area contributed by atoms with Crippen LogP contribution in [0, 0.1) is 5.41 Å². The first-order valence-corrected chi connectivity index (χ1v) is 5.29. The number of aromatic nitrogens is 1. The van der Waals surface area contributed by atoms with Gasteiger partial charge in [-0.05, 0) is 18.6 Å². The van der Waals surface area contributed by atoms with Crippen molar-refractivity contribution in [1.29, 1.82) is 5.41 Å². The van der Waals surface area contributed by atoms with Gasteiger partial charge in [0.25, 0.3) is 0 Å². The van der Waals surface area contributed by atoms with Gasteiger partial charge in [0.2, 0.25) is 0 Å². The Kier molecular flexibility index (Phi) is 3.05. The second-order valence-corrected chi connectivity index (χ2v) is 3.94. The topological polar surface area (TPSA) is 75.2 Å². The lowest BCUT2D eigenvalue weighted by Gasteiger charge is -2.25. The minimum Gasteiger partial charge on any atom is -0.382 e. The largest absolute Gasteiger partial charge is 0.382 e. The fraction of sp³-hybridized carbons (Fsp3) is 0.455. The Hall–Kier alpha value is -1.62. The number of hydrogen-bond acceptors (Lipinski definition) is 4. The molecule has 5 heteroatoms. The van der Waals surface area contributed by atoms with E-state index in [1.54, 1.807) is 6.20 Å². The van der Waals surface area contributed by atoms with Gasteiger partial charge in [-0.15, -0.1) is 0 Å². The Morgan fingerprint density at radius 3 is 3.12 bits per heavy atom. The van der Waals surface area contributed by atoms with Crippen molar-refractivity contribution in [2.75, 3.05) is 25.2 Å². The number of amidine groups is 1. The average Bonchev–Trinajstić information content (AvgIpc) is 2.81. The second kappa shape index (κ2) is 4.49. The van der Waals surface area contributed by atoms with E-state index in [1.807, 2.05) is 19.2 Å². The zero-order chi connectivity index (χ0) is 11.5. The van der Waals surface area contributed by atoms with Gasteiger partial charge in [0.1, 0.15) is 11.5 Å². The van der Waals surface area contributed by atoms with Crippen molar-refractivity contribution >= 4 is 11.5 Å². The standard InChI is InChI=1S/C11H16N4O/c1-15(9-3-5-16-7-9)8-2-4-14-10(6-8)11(12)13/h2,4,6,9H,3,5,7H2,1H3,(H3,12,13). The first kappa shape index (κ1) is 10.9. The molecule has 1 aromatic rings. The number of nitrogens with two attached hydrogens (primary N) is 1. The third-order valence-electron chi connectivity index (χ3n) is 2.88. The van der Waals surface area contributed by atoms with Crippen molar-refractivity contribution in [3.63, 3.8) is 0 Å². The average molecular weight is 220 g/mol. The molecule has 0 bridgehead atoms. The van der Waals surface area contributed by atoms with Crippen molar-refractivity contribution in [3.8, 4) is 0 Å². The van der Waals surface area contributed by atoms with Gasteiger partial charge < -0.3 is 15.4 Å². The number of pyridine rings is 1. The van der Waals surface area contributed by atoms with E-state index in [0.717, 1.165) is 25.3 Å². The van der Waals surface area contributed by atoms with Gasteiger partial charge in [-0.1, -0.05) is 0 Å². The summed E-state index contributed by atoms with van der Waals surface area (Å²) in [6.07, 6.45) is 2.71. The van der Waals surface area contributed by atoms with E-state index in [2.05, 4.69) is 9.88 Å². The molecule has 1 atom stereocenters. The fourth-order valence-corrected chi connectivity index (χ4v) is 1.82. The molecule has 0 aliphatic carbocycles. The smallest absolute Gasteiger partial charge is 0.141 e. The van der Waals surface area contributed by atoms with Crippen molar-refractivity contribution in [2.45, 2.75) is 12.5 Å². The zero-order valence-corrected chi connectivity index (χ0v) is 9.31. The van der Waals surface area contributed by atoms with Crippen LogP contribution in [0.3, 0.4) is 0 Å². The molecule has 16 heavy (non-hydrogen) atoms. The van der Waals surface area contributed by atoms with E-state index < -0.39 is 0 Å². The van der Waals surface area contributed by atoms with Crippen molar-refractivity contribution in [1.82, 2.24) is 4.98 Å². The third kappa shape index (κ3) is 2.14. The summed E-state index contributed by atoms with van der Waals surface area (Å²) in [6.45, 7) is 1.58. The molecule has 1 aromatic heterocycles. The summed E-state index contributed by atoms with van der Waals surface area (Å²) in [4.78, 5) is 6.19. The van der Waals surface area contributed by atoms with Crippen LogP contribution in [-0.4, -0.2) is 37.1 Å². The highest BCUT2D eigenvalue weighted by Gasteiger charge is 2.20. The SMILES string of the molecule is CN(c1ccnc(C(=N)N)c1)C1CCOC1. The van der Waals surface area contributed by atoms with Gasteiger partial charge in [0.05, 0.1) is 12.6 Å². The van der Waals surface area contributed by atoms with Crippen LogP contribution in [0.1, 0.15) is 12.1 Å². The Labute approximate surface area is 94.7 Å². The van der Waals surface area contributed by atoms with Gasteiger partial charge >= 0.3 is 0 Å². The number of ether oxygens (including phenoxy) is 1. The van der Waals surface area contributed by atoms with Crippen LogP contribution >= 0.6 is 0 Å². The zero-order valence-electron chi connectivity index (χ0n) is 9.31. The number of hydrogen-bond donors (Lipinski definition) is 2. The predicted molar refractivity (Wildman–Crippen MR) is 62.9 cm³/mol. The van der Waals surface area contributed by atoms with Crippen LogP contribution in [0.4, 0.5) is 5.69 Å². The molecule has 2 rings (SSSR count). The number of nitrogen functional groups attached to an aromatic ring is 1. The maximum Gasteiger partial charge on any atom is 0.141 e. The lowest BCUT2D eigenvalue weighted by atomic mass is 10.2. The quantitative estimate of drug-likeness (QED) is 0.577. The predicted octanol–water partition coefficient (Wildman–Crippen LogP) is 0.591. The molecule has 0 spiro atoms. The van der Waals surface area contributed by atoms with Crippen molar-refractivity contribution < 1.29 is 4.74 Å². The van der Waals surface area contributed by atoms with E-state index in [9.17, 15) is 0 Å². The Bertz CT molecular complexity index is 387. The van der Waals surface area contributed by atoms with Gasteiger partial charge in [-0.25, -0.2) is 0 Å². The van der Waals surface area contributed by atoms with Crippen LogP contribution in [0.25, 0.3) is 0 Å². The molecule has 0 aromatic carbocycles. The highest BCUT2D eigenvalue weighted by molar-refractivity contribution is 5.93. The van der Waals surface area contributed by atoms with Crippen LogP contribution < -0.4 is 10.6 Å². The van der Waals surface area contributed by atoms with E-state index >= 15 is 0 Å². The maximum atomic E-state index is 7.35. The molecular formula is C11H16N4O. The molecule has 0 radical (unpaired) electrons. The van der Waals surface area contributed by atoms with Crippen molar-refractivity contribution in [2.24, 2.45) is 5.73 Å². The molecular weight excluding hydrogens is 204 g/mol. The Balaban J connectivity index is 2.18. The molecule has 1 fully saturated rings. The molecule has 1 unspecified atom stereocenters. The maximum absolute atomic E-state index is 7.35. The molecule has 86 valence electrons. The highest BCUT2D eigenvalue weighted by atomic mass is 16.5. The summed E-state index contributed by atoms with van der Waals surface area (Å²) in [5.41, 5.74) is 6.95. The van der Waals surface area contributed by atoms with E-state index in [-0.39, 0.29) is 5.84 Å². The monoisotopic (exact) mass is 220 g/mol. The minimum atomic E-state index is -0.00192. The van der Waals surface area contributed by atoms with Crippen LogP contribution in [0.2, 0.25) is 0 Å². The number of anilines is 1. The number of nitrogens with one attached hydrogen (secondary N) is 1. The normalized spacial score (nSPS) is 19.7. The molecule has 1 saturated heterocycles. The lowest BCUT2D eigenvalue weighted by Crippen LogP contribution is -2.32. The molecule has 1 aliphatic rings. The molecule has 3 N–H and O–H groups in total.